The van der Waals surface area contributed by atoms with Crippen molar-refractivity contribution < 1.29 is 14.6 Å². The number of aromatic carboxylic acids is 1. The number of nitrogens with zero attached hydrogens (tertiary/aromatic N) is 2. The summed E-state index contributed by atoms with van der Waals surface area (Å²) in [7, 11) is 0. The molecule has 0 saturated carbocycles. The SMILES string of the molecule is CCOc1ccc(Nc2cc(Nc3ccc(C(=O)O)cc3)ncn2)cc1. The van der Waals surface area contributed by atoms with E-state index < -0.39 is 5.97 Å². The Morgan fingerprint density at radius 2 is 1.50 bits per heavy atom. The molecule has 0 unspecified atom stereocenters. The lowest BCUT2D eigenvalue weighted by Gasteiger charge is -2.09. The summed E-state index contributed by atoms with van der Waals surface area (Å²) in [5, 5.41) is 15.2. The third kappa shape index (κ3) is 4.47. The first-order valence-electron chi connectivity index (χ1n) is 8.06. The number of hydrogen-bond donors (Lipinski definition) is 3. The molecule has 3 rings (SSSR count). The molecule has 0 atom stereocenters. The third-order valence-corrected chi connectivity index (χ3v) is 3.51. The molecule has 0 aliphatic rings. The van der Waals surface area contributed by atoms with Gasteiger partial charge in [0.2, 0.25) is 0 Å². The van der Waals surface area contributed by atoms with Crippen LogP contribution >= 0.6 is 0 Å². The topological polar surface area (TPSA) is 96.4 Å². The van der Waals surface area contributed by atoms with E-state index in [2.05, 4.69) is 20.6 Å². The summed E-state index contributed by atoms with van der Waals surface area (Å²) in [6, 6.07) is 15.8. The summed E-state index contributed by atoms with van der Waals surface area (Å²) in [6.45, 7) is 2.57. The highest BCUT2D eigenvalue weighted by atomic mass is 16.5. The molecule has 3 aromatic rings. The van der Waals surface area contributed by atoms with Gasteiger partial charge in [0.1, 0.15) is 23.7 Å². The minimum Gasteiger partial charge on any atom is -0.494 e. The van der Waals surface area contributed by atoms with Crippen LogP contribution < -0.4 is 15.4 Å². The second-order valence-electron chi connectivity index (χ2n) is 5.38. The molecule has 7 heteroatoms. The van der Waals surface area contributed by atoms with E-state index in [4.69, 9.17) is 9.84 Å². The quantitative estimate of drug-likeness (QED) is 0.591. The largest absolute Gasteiger partial charge is 0.494 e. The van der Waals surface area contributed by atoms with Gasteiger partial charge >= 0.3 is 5.97 Å². The molecule has 0 spiro atoms. The zero-order chi connectivity index (χ0) is 18.4. The van der Waals surface area contributed by atoms with E-state index in [1.54, 1.807) is 18.2 Å². The van der Waals surface area contributed by atoms with Crippen LogP contribution in [0.5, 0.6) is 5.75 Å². The maximum absolute atomic E-state index is 10.9. The molecular formula is C19H18N4O3. The zero-order valence-electron chi connectivity index (χ0n) is 14.1. The Hall–Kier alpha value is -3.61. The van der Waals surface area contributed by atoms with Crippen LogP contribution in [-0.2, 0) is 0 Å². The summed E-state index contributed by atoms with van der Waals surface area (Å²) in [5.74, 6) is 1.08. The second kappa shape index (κ2) is 7.98. The number of carboxylic acid groups (broad SMARTS) is 1. The van der Waals surface area contributed by atoms with Crippen molar-refractivity contribution in [2.24, 2.45) is 0 Å². The average Bonchev–Trinajstić information content (AvgIpc) is 2.64. The highest BCUT2D eigenvalue weighted by Crippen LogP contribution is 2.21. The fourth-order valence-corrected chi connectivity index (χ4v) is 2.29. The van der Waals surface area contributed by atoms with Gasteiger partial charge < -0.3 is 20.5 Å². The number of rotatable bonds is 7. The Labute approximate surface area is 150 Å². The minimum absolute atomic E-state index is 0.232. The Bertz CT molecular complexity index is 880. The number of ether oxygens (including phenoxy) is 1. The molecule has 132 valence electrons. The number of aromatic nitrogens is 2. The van der Waals surface area contributed by atoms with Crippen molar-refractivity contribution in [3.05, 3.63) is 66.5 Å². The maximum Gasteiger partial charge on any atom is 0.335 e. The number of anilines is 4. The van der Waals surface area contributed by atoms with Gasteiger partial charge in [0.15, 0.2) is 0 Å². The van der Waals surface area contributed by atoms with Gasteiger partial charge in [-0.1, -0.05) is 0 Å². The Morgan fingerprint density at radius 1 is 0.962 bits per heavy atom. The van der Waals surface area contributed by atoms with Crippen LogP contribution in [0.2, 0.25) is 0 Å². The Morgan fingerprint density at radius 3 is 2.00 bits per heavy atom. The van der Waals surface area contributed by atoms with Crippen molar-refractivity contribution in [3.63, 3.8) is 0 Å². The average molecular weight is 350 g/mol. The van der Waals surface area contributed by atoms with Gasteiger partial charge in [0.25, 0.3) is 0 Å². The predicted molar refractivity (Wildman–Crippen MR) is 99.6 cm³/mol. The summed E-state index contributed by atoms with van der Waals surface area (Å²) in [4.78, 5) is 19.3. The fraction of sp³-hybridized carbons (Fsp3) is 0.105. The van der Waals surface area contributed by atoms with Crippen molar-refractivity contribution in [3.8, 4) is 5.75 Å². The number of carbonyl (C=O) groups is 1. The van der Waals surface area contributed by atoms with Crippen LogP contribution in [0, 0.1) is 0 Å². The van der Waals surface area contributed by atoms with Gasteiger partial charge in [-0.25, -0.2) is 14.8 Å². The predicted octanol–water partition coefficient (Wildman–Crippen LogP) is 4.06. The normalized spacial score (nSPS) is 10.2. The number of nitrogens with one attached hydrogen (secondary N) is 2. The molecule has 7 nitrogen and oxygen atoms in total. The van der Waals surface area contributed by atoms with E-state index in [0.29, 0.717) is 18.2 Å². The molecule has 0 saturated heterocycles. The van der Waals surface area contributed by atoms with E-state index >= 15 is 0 Å². The van der Waals surface area contributed by atoms with Crippen LogP contribution in [0.4, 0.5) is 23.0 Å². The maximum atomic E-state index is 10.9. The lowest BCUT2D eigenvalue weighted by atomic mass is 10.2. The van der Waals surface area contributed by atoms with Gasteiger partial charge in [-0.15, -0.1) is 0 Å². The Balaban J connectivity index is 1.68. The van der Waals surface area contributed by atoms with Crippen molar-refractivity contribution in [1.29, 1.82) is 0 Å². The lowest BCUT2D eigenvalue weighted by Crippen LogP contribution is -2.00. The molecule has 0 radical (unpaired) electrons. The van der Waals surface area contributed by atoms with E-state index in [1.165, 1.54) is 18.5 Å². The molecule has 1 heterocycles. The second-order valence-corrected chi connectivity index (χ2v) is 5.38. The summed E-state index contributed by atoms with van der Waals surface area (Å²) in [6.07, 6.45) is 1.45. The third-order valence-electron chi connectivity index (χ3n) is 3.51. The first-order chi connectivity index (χ1) is 12.6. The zero-order valence-corrected chi connectivity index (χ0v) is 14.1. The summed E-state index contributed by atoms with van der Waals surface area (Å²) >= 11 is 0. The van der Waals surface area contributed by atoms with E-state index in [9.17, 15) is 4.79 Å². The molecule has 2 aromatic carbocycles. The van der Waals surface area contributed by atoms with Crippen LogP contribution in [-0.4, -0.2) is 27.7 Å². The van der Waals surface area contributed by atoms with E-state index in [1.807, 2.05) is 31.2 Å². The van der Waals surface area contributed by atoms with E-state index in [0.717, 1.165) is 17.1 Å². The molecule has 1 aromatic heterocycles. The van der Waals surface area contributed by atoms with Crippen LogP contribution in [0.25, 0.3) is 0 Å². The lowest BCUT2D eigenvalue weighted by molar-refractivity contribution is 0.0697. The molecule has 0 fully saturated rings. The van der Waals surface area contributed by atoms with Gasteiger partial charge in [-0.3, -0.25) is 0 Å². The monoisotopic (exact) mass is 350 g/mol. The van der Waals surface area contributed by atoms with Gasteiger partial charge in [-0.05, 0) is 55.5 Å². The highest BCUT2D eigenvalue weighted by molar-refractivity contribution is 5.88. The summed E-state index contributed by atoms with van der Waals surface area (Å²) < 4.78 is 5.42. The molecule has 0 bridgehead atoms. The van der Waals surface area contributed by atoms with Gasteiger partial charge in [0, 0.05) is 17.4 Å². The standard InChI is InChI=1S/C19H18N4O3/c1-2-26-16-9-7-15(8-10-16)23-18-11-17(20-12-21-18)22-14-5-3-13(4-6-14)19(24)25/h3-12H,2H2,1H3,(H,24,25)(H2,20,21,22,23). The van der Waals surface area contributed by atoms with Crippen LogP contribution in [0.1, 0.15) is 17.3 Å². The number of benzene rings is 2. The van der Waals surface area contributed by atoms with Crippen molar-refractivity contribution in [1.82, 2.24) is 9.97 Å². The van der Waals surface area contributed by atoms with Gasteiger partial charge in [-0.2, -0.15) is 0 Å². The van der Waals surface area contributed by atoms with Crippen molar-refractivity contribution in [2.45, 2.75) is 6.92 Å². The molecule has 3 N–H and O–H groups in total. The smallest absolute Gasteiger partial charge is 0.335 e. The fourth-order valence-electron chi connectivity index (χ4n) is 2.29. The van der Waals surface area contributed by atoms with Crippen LogP contribution in [0.15, 0.2) is 60.9 Å². The first kappa shape index (κ1) is 17.2. The molecular weight excluding hydrogens is 332 g/mol. The van der Waals surface area contributed by atoms with Gasteiger partial charge in [0.05, 0.1) is 12.2 Å². The molecule has 0 aliphatic heterocycles. The van der Waals surface area contributed by atoms with E-state index in [-0.39, 0.29) is 5.56 Å². The molecule has 0 aliphatic carbocycles. The Kier molecular flexibility index (Phi) is 5.28. The summed E-state index contributed by atoms with van der Waals surface area (Å²) in [5.41, 5.74) is 1.85. The highest BCUT2D eigenvalue weighted by Gasteiger charge is 2.04. The molecule has 26 heavy (non-hydrogen) atoms. The number of carboxylic acids is 1. The minimum atomic E-state index is -0.958. The number of hydrogen-bond acceptors (Lipinski definition) is 6. The molecule has 0 amide bonds. The van der Waals surface area contributed by atoms with Crippen molar-refractivity contribution >= 4 is 29.0 Å². The van der Waals surface area contributed by atoms with Crippen LogP contribution in [0.3, 0.4) is 0 Å². The first-order valence-corrected chi connectivity index (χ1v) is 8.06. The van der Waals surface area contributed by atoms with Crippen molar-refractivity contribution in [2.75, 3.05) is 17.2 Å².